The molecule has 0 radical (unpaired) electrons. The predicted molar refractivity (Wildman–Crippen MR) is 90.6 cm³/mol. The van der Waals surface area contributed by atoms with Crippen molar-refractivity contribution in [3.05, 3.63) is 35.4 Å². The molecule has 3 nitrogen and oxygen atoms in total. The van der Waals surface area contributed by atoms with Crippen LogP contribution in [0.4, 0.5) is 0 Å². The van der Waals surface area contributed by atoms with Crippen molar-refractivity contribution in [3.8, 4) is 0 Å². The van der Waals surface area contributed by atoms with Gasteiger partial charge in [-0.1, -0.05) is 38.1 Å². The lowest BCUT2D eigenvalue weighted by Gasteiger charge is -2.23. The summed E-state index contributed by atoms with van der Waals surface area (Å²) in [5.74, 6) is 0.758. The molecule has 1 aliphatic rings. The molecule has 0 aromatic heterocycles. The van der Waals surface area contributed by atoms with Crippen LogP contribution in [0.2, 0.25) is 0 Å². The molecule has 21 heavy (non-hydrogen) atoms. The molecule has 1 aromatic rings. The summed E-state index contributed by atoms with van der Waals surface area (Å²) in [6, 6.07) is 9.62. The normalized spacial score (nSPS) is 23.1. The van der Waals surface area contributed by atoms with Crippen molar-refractivity contribution >= 4 is 0 Å². The fraction of sp³-hybridized carbons (Fsp3) is 0.667. The van der Waals surface area contributed by atoms with Crippen LogP contribution in [0.25, 0.3) is 0 Å². The van der Waals surface area contributed by atoms with E-state index >= 15 is 0 Å². The van der Waals surface area contributed by atoms with Gasteiger partial charge in [0.1, 0.15) is 0 Å². The highest BCUT2D eigenvalue weighted by atomic mass is 15.2. The summed E-state index contributed by atoms with van der Waals surface area (Å²) in [6.45, 7) is 10.2. The van der Waals surface area contributed by atoms with Crippen molar-refractivity contribution < 1.29 is 0 Å². The van der Waals surface area contributed by atoms with Crippen LogP contribution in [0.5, 0.6) is 0 Å². The first-order valence-corrected chi connectivity index (χ1v) is 8.28. The maximum absolute atomic E-state index is 3.43. The Morgan fingerprint density at radius 2 is 1.90 bits per heavy atom. The van der Waals surface area contributed by atoms with E-state index in [1.807, 2.05) is 0 Å². The molecule has 0 bridgehead atoms. The van der Waals surface area contributed by atoms with Crippen LogP contribution in [0.15, 0.2) is 24.3 Å². The minimum Gasteiger partial charge on any atom is -0.317 e. The average Bonchev–Trinajstić information content (AvgIpc) is 2.82. The van der Waals surface area contributed by atoms with E-state index in [4.69, 9.17) is 0 Å². The Morgan fingerprint density at radius 3 is 2.52 bits per heavy atom. The molecule has 0 amide bonds. The highest BCUT2D eigenvalue weighted by Crippen LogP contribution is 2.23. The third-order valence-electron chi connectivity index (χ3n) is 4.65. The maximum Gasteiger partial charge on any atom is 0.0254 e. The Labute approximate surface area is 130 Å². The second kappa shape index (κ2) is 7.92. The Kier molecular flexibility index (Phi) is 6.22. The van der Waals surface area contributed by atoms with E-state index in [1.165, 1.54) is 24.2 Å². The summed E-state index contributed by atoms with van der Waals surface area (Å²) in [7, 11) is 4.41. The topological polar surface area (TPSA) is 18.5 Å². The van der Waals surface area contributed by atoms with E-state index in [0.29, 0.717) is 6.04 Å². The molecule has 1 fully saturated rings. The number of hydrogen-bond acceptors (Lipinski definition) is 3. The van der Waals surface area contributed by atoms with Gasteiger partial charge in [0.15, 0.2) is 0 Å². The molecule has 1 aromatic carbocycles. The Hall–Kier alpha value is -0.900. The summed E-state index contributed by atoms with van der Waals surface area (Å²) in [6.07, 6.45) is 1.13. The van der Waals surface area contributed by atoms with Crippen LogP contribution in [0.1, 0.15) is 25.0 Å². The van der Waals surface area contributed by atoms with Gasteiger partial charge >= 0.3 is 0 Å². The van der Waals surface area contributed by atoms with Crippen molar-refractivity contribution in [3.63, 3.8) is 0 Å². The first kappa shape index (κ1) is 16.5. The van der Waals surface area contributed by atoms with Crippen LogP contribution in [0.3, 0.4) is 0 Å². The van der Waals surface area contributed by atoms with E-state index < -0.39 is 0 Å². The number of hydrogen-bond donors (Lipinski definition) is 1. The summed E-state index contributed by atoms with van der Waals surface area (Å²) >= 11 is 0. The van der Waals surface area contributed by atoms with Gasteiger partial charge in [0.2, 0.25) is 0 Å². The standard InChI is InChI=1S/C18H31N3/c1-5-19-11-10-16-8-6-7-9-17(16)13-21-12-15(2)18(14-21)20(3)4/h6-9,15,18-19H,5,10-14H2,1-4H3. The van der Waals surface area contributed by atoms with Gasteiger partial charge in [0.25, 0.3) is 0 Å². The summed E-state index contributed by atoms with van der Waals surface area (Å²) in [4.78, 5) is 4.99. The zero-order chi connectivity index (χ0) is 15.2. The van der Waals surface area contributed by atoms with Gasteiger partial charge in [-0.15, -0.1) is 0 Å². The number of likely N-dealkylation sites (N-methyl/N-ethyl adjacent to an activating group) is 2. The van der Waals surface area contributed by atoms with Gasteiger partial charge in [-0.05, 0) is 50.7 Å². The quantitative estimate of drug-likeness (QED) is 0.777. The third kappa shape index (κ3) is 4.53. The first-order valence-electron chi connectivity index (χ1n) is 8.28. The molecule has 0 spiro atoms. The summed E-state index contributed by atoms with van der Waals surface area (Å²) in [5, 5.41) is 3.43. The molecule has 2 rings (SSSR count). The number of rotatable bonds is 7. The summed E-state index contributed by atoms with van der Waals surface area (Å²) < 4.78 is 0. The fourth-order valence-corrected chi connectivity index (χ4v) is 3.45. The maximum atomic E-state index is 3.43. The molecule has 3 heteroatoms. The second-order valence-electron chi connectivity index (χ2n) is 6.57. The zero-order valence-electron chi connectivity index (χ0n) is 14.1. The van der Waals surface area contributed by atoms with Crippen LogP contribution in [0, 0.1) is 5.92 Å². The van der Waals surface area contributed by atoms with Crippen molar-refractivity contribution in [1.29, 1.82) is 0 Å². The van der Waals surface area contributed by atoms with Crippen LogP contribution in [-0.2, 0) is 13.0 Å². The molecule has 0 aliphatic carbocycles. The number of benzene rings is 1. The Bertz CT molecular complexity index is 430. The van der Waals surface area contributed by atoms with Crippen molar-refractivity contribution in [1.82, 2.24) is 15.1 Å². The minimum absolute atomic E-state index is 0.693. The third-order valence-corrected chi connectivity index (χ3v) is 4.65. The van der Waals surface area contributed by atoms with E-state index in [2.05, 4.69) is 67.3 Å². The molecule has 1 saturated heterocycles. The van der Waals surface area contributed by atoms with Gasteiger partial charge < -0.3 is 10.2 Å². The van der Waals surface area contributed by atoms with Gasteiger partial charge in [0.05, 0.1) is 0 Å². The number of nitrogens with one attached hydrogen (secondary N) is 1. The molecule has 0 saturated carbocycles. The number of nitrogens with zero attached hydrogens (tertiary/aromatic N) is 2. The van der Waals surface area contributed by atoms with Crippen molar-refractivity contribution in [2.45, 2.75) is 32.9 Å². The minimum atomic E-state index is 0.693. The average molecular weight is 289 g/mol. The predicted octanol–water partition coefficient (Wildman–Crippen LogP) is 2.22. The Balaban J connectivity index is 1.97. The lowest BCUT2D eigenvalue weighted by Crippen LogP contribution is -2.34. The van der Waals surface area contributed by atoms with E-state index in [9.17, 15) is 0 Å². The Morgan fingerprint density at radius 1 is 1.19 bits per heavy atom. The van der Waals surface area contributed by atoms with Gasteiger partial charge in [-0.2, -0.15) is 0 Å². The second-order valence-corrected chi connectivity index (χ2v) is 6.57. The number of likely N-dealkylation sites (tertiary alicyclic amines) is 1. The molecule has 1 N–H and O–H groups in total. The molecular formula is C18H31N3. The monoisotopic (exact) mass is 289 g/mol. The van der Waals surface area contributed by atoms with Gasteiger partial charge in [-0.3, -0.25) is 4.90 Å². The van der Waals surface area contributed by atoms with Crippen LogP contribution >= 0.6 is 0 Å². The van der Waals surface area contributed by atoms with Gasteiger partial charge in [0, 0.05) is 25.7 Å². The van der Waals surface area contributed by atoms with Crippen molar-refractivity contribution in [2.75, 3.05) is 40.3 Å². The lowest BCUT2D eigenvalue weighted by atomic mass is 10.0. The molecule has 1 heterocycles. The molecular weight excluding hydrogens is 258 g/mol. The largest absolute Gasteiger partial charge is 0.317 e. The highest BCUT2D eigenvalue weighted by Gasteiger charge is 2.30. The van der Waals surface area contributed by atoms with Crippen LogP contribution < -0.4 is 5.32 Å². The first-order chi connectivity index (χ1) is 10.1. The molecule has 1 aliphatic heterocycles. The van der Waals surface area contributed by atoms with E-state index in [1.54, 1.807) is 0 Å². The highest BCUT2D eigenvalue weighted by molar-refractivity contribution is 5.27. The fourth-order valence-electron chi connectivity index (χ4n) is 3.45. The van der Waals surface area contributed by atoms with Crippen LogP contribution in [-0.4, -0.2) is 56.1 Å². The lowest BCUT2D eigenvalue weighted by molar-refractivity contribution is 0.250. The van der Waals surface area contributed by atoms with E-state index in [0.717, 1.165) is 32.0 Å². The molecule has 118 valence electrons. The van der Waals surface area contributed by atoms with E-state index in [-0.39, 0.29) is 0 Å². The van der Waals surface area contributed by atoms with Crippen molar-refractivity contribution in [2.24, 2.45) is 5.92 Å². The SMILES string of the molecule is CCNCCc1ccccc1CN1CC(C)C(N(C)C)C1. The van der Waals surface area contributed by atoms with Gasteiger partial charge in [-0.25, -0.2) is 0 Å². The summed E-state index contributed by atoms with van der Waals surface area (Å²) in [5.41, 5.74) is 3.00. The zero-order valence-corrected chi connectivity index (χ0v) is 14.1. The molecule has 2 atom stereocenters. The smallest absolute Gasteiger partial charge is 0.0254 e. The molecule has 2 unspecified atom stereocenters.